The third-order valence-corrected chi connectivity index (χ3v) is 2.30. The Labute approximate surface area is 70.1 Å². The van der Waals surface area contributed by atoms with Crippen LogP contribution in [0.1, 0.15) is 33.6 Å². The van der Waals surface area contributed by atoms with E-state index in [2.05, 4.69) is 38.9 Å². The zero-order chi connectivity index (χ0) is 8.48. The molecule has 64 valence electrons. The molecular formula is C10H19N. The minimum absolute atomic E-state index is 0.370. The maximum absolute atomic E-state index is 2.31. The molecule has 1 aliphatic rings. The predicted octanol–water partition coefficient (Wildman–Crippen LogP) is 2.64. The fourth-order valence-electron chi connectivity index (χ4n) is 1.48. The van der Waals surface area contributed by atoms with Crippen molar-refractivity contribution in [1.82, 2.24) is 4.90 Å². The number of allylic oxidation sites excluding steroid dienone is 1. The quantitative estimate of drug-likeness (QED) is 0.517. The molecule has 0 amide bonds. The summed E-state index contributed by atoms with van der Waals surface area (Å²) in [7, 11) is 2.16. The van der Waals surface area contributed by atoms with Gasteiger partial charge in [-0.3, -0.25) is 0 Å². The fraction of sp³-hybridized carbons (Fsp3) is 0.800. The highest BCUT2D eigenvalue weighted by Crippen LogP contribution is 2.31. The molecule has 0 spiro atoms. The first-order chi connectivity index (χ1) is 5.00. The Hall–Kier alpha value is -0.460. The van der Waals surface area contributed by atoms with Gasteiger partial charge in [0.05, 0.1) is 0 Å². The fourth-order valence-corrected chi connectivity index (χ4v) is 1.48. The van der Waals surface area contributed by atoms with Crippen LogP contribution in [-0.2, 0) is 0 Å². The van der Waals surface area contributed by atoms with Crippen molar-refractivity contribution in [2.24, 2.45) is 5.41 Å². The lowest BCUT2D eigenvalue weighted by Gasteiger charge is -2.30. The maximum atomic E-state index is 2.31. The Balaban J connectivity index is 2.71. The zero-order valence-corrected chi connectivity index (χ0v) is 8.15. The van der Waals surface area contributed by atoms with Crippen LogP contribution in [0.2, 0.25) is 0 Å². The highest BCUT2D eigenvalue weighted by molar-refractivity contribution is 5.12. The van der Waals surface area contributed by atoms with Crippen molar-refractivity contribution in [3.63, 3.8) is 0 Å². The Morgan fingerprint density at radius 2 is 2.00 bits per heavy atom. The molecule has 1 heteroatoms. The van der Waals surface area contributed by atoms with Crippen LogP contribution in [0.25, 0.3) is 0 Å². The summed E-state index contributed by atoms with van der Waals surface area (Å²) in [6.45, 7) is 8.09. The molecule has 0 N–H and O–H groups in total. The molecule has 0 unspecified atom stereocenters. The second kappa shape index (κ2) is 2.88. The minimum atomic E-state index is 0.370. The van der Waals surface area contributed by atoms with Gasteiger partial charge in [0.2, 0.25) is 0 Å². The average molecular weight is 153 g/mol. The number of hydrogen-bond donors (Lipinski definition) is 0. The smallest absolute Gasteiger partial charge is 0.0172 e. The van der Waals surface area contributed by atoms with E-state index in [1.165, 1.54) is 19.4 Å². The predicted molar refractivity (Wildman–Crippen MR) is 49.4 cm³/mol. The van der Waals surface area contributed by atoms with E-state index in [1.807, 2.05) is 0 Å². The van der Waals surface area contributed by atoms with E-state index in [1.54, 1.807) is 5.57 Å². The summed E-state index contributed by atoms with van der Waals surface area (Å²) in [4.78, 5) is 2.30. The standard InChI is InChI=1S/C10H19N/c1-10(2,3)9-6-5-7-11(4)8-9/h8H,5-7H2,1-4H3. The van der Waals surface area contributed by atoms with Crippen molar-refractivity contribution in [1.29, 1.82) is 0 Å². The van der Waals surface area contributed by atoms with Crippen LogP contribution in [0.5, 0.6) is 0 Å². The molecule has 0 bridgehead atoms. The van der Waals surface area contributed by atoms with Gasteiger partial charge in [0.1, 0.15) is 0 Å². The lowest BCUT2D eigenvalue weighted by Crippen LogP contribution is -2.23. The molecule has 1 aliphatic heterocycles. The lowest BCUT2D eigenvalue weighted by atomic mass is 9.83. The van der Waals surface area contributed by atoms with Crippen LogP contribution in [-0.4, -0.2) is 18.5 Å². The Morgan fingerprint density at radius 1 is 1.36 bits per heavy atom. The monoisotopic (exact) mass is 153 g/mol. The average Bonchev–Trinajstić information content (AvgIpc) is 1.86. The highest BCUT2D eigenvalue weighted by Gasteiger charge is 2.19. The van der Waals surface area contributed by atoms with E-state index in [0.717, 1.165) is 0 Å². The molecule has 0 atom stereocenters. The van der Waals surface area contributed by atoms with Gasteiger partial charge in [0, 0.05) is 13.6 Å². The van der Waals surface area contributed by atoms with E-state index in [0.29, 0.717) is 5.41 Å². The molecule has 0 fully saturated rings. The van der Waals surface area contributed by atoms with Gasteiger partial charge < -0.3 is 4.90 Å². The van der Waals surface area contributed by atoms with E-state index in [-0.39, 0.29) is 0 Å². The second-order valence-electron chi connectivity index (χ2n) is 4.49. The van der Waals surface area contributed by atoms with Crippen LogP contribution in [0.4, 0.5) is 0 Å². The van der Waals surface area contributed by atoms with E-state index in [9.17, 15) is 0 Å². The van der Waals surface area contributed by atoms with Gasteiger partial charge >= 0.3 is 0 Å². The lowest BCUT2D eigenvalue weighted by molar-refractivity contribution is 0.368. The molecule has 0 aromatic rings. The van der Waals surface area contributed by atoms with Gasteiger partial charge in [0.15, 0.2) is 0 Å². The van der Waals surface area contributed by atoms with Crippen molar-refractivity contribution in [3.05, 3.63) is 11.8 Å². The van der Waals surface area contributed by atoms with Gasteiger partial charge in [-0.05, 0) is 30.0 Å². The number of nitrogens with zero attached hydrogens (tertiary/aromatic N) is 1. The molecule has 0 aromatic heterocycles. The molecule has 1 rings (SSSR count). The van der Waals surface area contributed by atoms with Gasteiger partial charge in [-0.2, -0.15) is 0 Å². The first-order valence-electron chi connectivity index (χ1n) is 4.41. The summed E-state index contributed by atoms with van der Waals surface area (Å²) >= 11 is 0. The summed E-state index contributed by atoms with van der Waals surface area (Å²) in [5.74, 6) is 0. The van der Waals surface area contributed by atoms with Crippen LogP contribution in [0.15, 0.2) is 11.8 Å². The Bertz CT molecular complexity index is 162. The van der Waals surface area contributed by atoms with Crippen LogP contribution in [0, 0.1) is 5.41 Å². The molecule has 0 radical (unpaired) electrons. The first-order valence-corrected chi connectivity index (χ1v) is 4.41. The van der Waals surface area contributed by atoms with Gasteiger partial charge in [-0.1, -0.05) is 20.8 Å². The van der Waals surface area contributed by atoms with Crippen molar-refractivity contribution in [2.75, 3.05) is 13.6 Å². The van der Waals surface area contributed by atoms with Gasteiger partial charge in [-0.25, -0.2) is 0 Å². The molecule has 11 heavy (non-hydrogen) atoms. The normalized spacial score (nSPS) is 20.0. The molecule has 0 aliphatic carbocycles. The minimum Gasteiger partial charge on any atom is -0.380 e. The van der Waals surface area contributed by atoms with Crippen molar-refractivity contribution >= 4 is 0 Å². The summed E-state index contributed by atoms with van der Waals surface area (Å²) < 4.78 is 0. The summed E-state index contributed by atoms with van der Waals surface area (Å²) in [6.07, 6.45) is 4.91. The molecule has 0 aromatic carbocycles. The van der Waals surface area contributed by atoms with E-state index < -0.39 is 0 Å². The number of rotatable bonds is 0. The Morgan fingerprint density at radius 3 is 2.36 bits per heavy atom. The third kappa shape index (κ3) is 2.25. The molecule has 0 saturated carbocycles. The molecular weight excluding hydrogens is 134 g/mol. The first kappa shape index (κ1) is 8.63. The third-order valence-electron chi connectivity index (χ3n) is 2.30. The highest BCUT2D eigenvalue weighted by atomic mass is 15.1. The van der Waals surface area contributed by atoms with Gasteiger partial charge in [0.25, 0.3) is 0 Å². The van der Waals surface area contributed by atoms with Gasteiger partial charge in [-0.15, -0.1) is 0 Å². The van der Waals surface area contributed by atoms with Crippen molar-refractivity contribution in [2.45, 2.75) is 33.6 Å². The summed E-state index contributed by atoms with van der Waals surface area (Å²) in [5.41, 5.74) is 1.96. The molecule has 1 nitrogen and oxygen atoms in total. The maximum Gasteiger partial charge on any atom is 0.0172 e. The molecule has 0 saturated heterocycles. The van der Waals surface area contributed by atoms with Crippen molar-refractivity contribution in [3.8, 4) is 0 Å². The van der Waals surface area contributed by atoms with E-state index in [4.69, 9.17) is 0 Å². The molecule has 1 heterocycles. The zero-order valence-electron chi connectivity index (χ0n) is 8.15. The van der Waals surface area contributed by atoms with Crippen molar-refractivity contribution < 1.29 is 0 Å². The number of hydrogen-bond acceptors (Lipinski definition) is 1. The summed E-state index contributed by atoms with van der Waals surface area (Å²) in [6, 6.07) is 0. The second-order valence-corrected chi connectivity index (χ2v) is 4.49. The topological polar surface area (TPSA) is 3.24 Å². The summed E-state index contributed by atoms with van der Waals surface area (Å²) in [5, 5.41) is 0. The van der Waals surface area contributed by atoms with Crippen LogP contribution >= 0.6 is 0 Å². The SMILES string of the molecule is CN1C=C(C(C)(C)C)CCC1. The van der Waals surface area contributed by atoms with Crippen LogP contribution in [0.3, 0.4) is 0 Å². The van der Waals surface area contributed by atoms with E-state index >= 15 is 0 Å². The van der Waals surface area contributed by atoms with Crippen LogP contribution < -0.4 is 0 Å². The Kier molecular flexibility index (Phi) is 2.26. The largest absolute Gasteiger partial charge is 0.380 e.